The first-order valence-electron chi connectivity index (χ1n) is 5.93. The van der Waals surface area contributed by atoms with Crippen molar-refractivity contribution in [2.24, 2.45) is 0 Å². The molecule has 0 aliphatic rings. The zero-order valence-electron chi connectivity index (χ0n) is 10.8. The molecule has 0 saturated heterocycles. The molecule has 0 aliphatic carbocycles. The topological polar surface area (TPSA) is 61.0 Å². The molecular formula is C14H17N3O. The van der Waals surface area contributed by atoms with Crippen LogP contribution in [0.25, 0.3) is 0 Å². The third-order valence-corrected chi connectivity index (χ3v) is 2.47. The third-order valence-electron chi connectivity index (χ3n) is 2.47. The average Bonchev–Trinajstić information content (AvgIpc) is 2.31. The van der Waals surface area contributed by atoms with Gasteiger partial charge in [0.05, 0.1) is 0 Å². The van der Waals surface area contributed by atoms with E-state index in [0.717, 1.165) is 17.3 Å². The molecule has 0 unspecified atom stereocenters. The maximum Gasteiger partial charge on any atom is 0.222 e. The molecule has 18 heavy (non-hydrogen) atoms. The number of nitrogens with zero attached hydrogens (tertiary/aromatic N) is 2. The van der Waals surface area contributed by atoms with Crippen molar-refractivity contribution >= 4 is 5.69 Å². The van der Waals surface area contributed by atoms with Gasteiger partial charge in [0.25, 0.3) is 0 Å². The second kappa shape index (κ2) is 5.04. The van der Waals surface area contributed by atoms with E-state index in [0.29, 0.717) is 11.6 Å². The maximum atomic E-state index is 5.70. The Morgan fingerprint density at radius 1 is 1.11 bits per heavy atom. The van der Waals surface area contributed by atoms with Crippen molar-refractivity contribution in [2.45, 2.75) is 26.7 Å². The van der Waals surface area contributed by atoms with E-state index < -0.39 is 0 Å². The fourth-order valence-electron chi connectivity index (χ4n) is 1.53. The maximum absolute atomic E-state index is 5.70. The lowest BCUT2D eigenvalue weighted by Gasteiger charge is -2.09. The summed E-state index contributed by atoms with van der Waals surface area (Å²) in [7, 11) is 0. The molecule has 4 heteroatoms. The first-order chi connectivity index (χ1) is 8.54. The number of nitrogen functional groups attached to an aromatic ring is 1. The summed E-state index contributed by atoms with van der Waals surface area (Å²) in [4.78, 5) is 8.76. The predicted molar refractivity (Wildman–Crippen MR) is 71.8 cm³/mol. The van der Waals surface area contributed by atoms with E-state index in [2.05, 4.69) is 23.8 Å². The Hall–Kier alpha value is -2.10. The minimum absolute atomic E-state index is 0.277. The highest BCUT2D eigenvalue weighted by Gasteiger charge is 2.07. The molecule has 0 saturated carbocycles. The third kappa shape index (κ3) is 2.97. The summed E-state index contributed by atoms with van der Waals surface area (Å²) >= 11 is 0. The fourth-order valence-corrected chi connectivity index (χ4v) is 1.53. The number of hydrogen-bond donors (Lipinski definition) is 1. The van der Waals surface area contributed by atoms with Gasteiger partial charge >= 0.3 is 0 Å². The molecular weight excluding hydrogens is 226 g/mol. The van der Waals surface area contributed by atoms with Crippen molar-refractivity contribution in [2.75, 3.05) is 5.73 Å². The van der Waals surface area contributed by atoms with Crippen LogP contribution in [0.4, 0.5) is 5.69 Å². The Kier molecular flexibility index (Phi) is 3.46. The van der Waals surface area contributed by atoms with Crippen LogP contribution in [0.2, 0.25) is 0 Å². The van der Waals surface area contributed by atoms with Gasteiger partial charge in [-0.3, -0.25) is 0 Å². The minimum atomic E-state index is 0.277. The SMILES string of the molecule is Cc1cc(Oc2ccc(N)cc2)nc(C(C)C)n1. The highest BCUT2D eigenvalue weighted by atomic mass is 16.5. The van der Waals surface area contributed by atoms with Crippen molar-refractivity contribution in [1.29, 1.82) is 0 Å². The lowest BCUT2D eigenvalue weighted by molar-refractivity contribution is 0.456. The van der Waals surface area contributed by atoms with Gasteiger partial charge in [0, 0.05) is 23.4 Å². The molecule has 1 aromatic carbocycles. The molecule has 0 radical (unpaired) electrons. The van der Waals surface area contributed by atoms with Gasteiger partial charge in [-0.25, -0.2) is 4.98 Å². The van der Waals surface area contributed by atoms with Crippen LogP contribution in [-0.4, -0.2) is 9.97 Å². The van der Waals surface area contributed by atoms with E-state index in [1.807, 2.05) is 25.1 Å². The number of nitrogens with two attached hydrogens (primary N) is 1. The van der Waals surface area contributed by atoms with Gasteiger partial charge in [-0.1, -0.05) is 13.8 Å². The minimum Gasteiger partial charge on any atom is -0.439 e. The van der Waals surface area contributed by atoms with E-state index in [1.54, 1.807) is 12.1 Å². The Bertz CT molecular complexity index is 535. The zero-order chi connectivity index (χ0) is 13.1. The number of aromatic nitrogens is 2. The van der Waals surface area contributed by atoms with E-state index in [-0.39, 0.29) is 5.92 Å². The van der Waals surface area contributed by atoms with Gasteiger partial charge in [-0.15, -0.1) is 0 Å². The lowest BCUT2D eigenvalue weighted by atomic mass is 10.2. The van der Waals surface area contributed by atoms with Crippen LogP contribution in [0.5, 0.6) is 11.6 Å². The van der Waals surface area contributed by atoms with E-state index in [4.69, 9.17) is 10.5 Å². The Balaban J connectivity index is 2.26. The second-order valence-electron chi connectivity index (χ2n) is 4.53. The molecule has 0 aliphatic heterocycles. The zero-order valence-corrected chi connectivity index (χ0v) is 10.8. The highest BCUT2D eigenvalue weighted by molar-refractivity contribution is 5.42. The largest absolute Gasteiger partial charge is 0.439 e. The Morgan fingerprint density at radius 3 is 2.39 bits per heavy atom. The quantitative estimate of drug-likeness (QED) is 0.840. The second-order valence-corrected chi connectivity index (χ2v) is 4.53. The summed E-state index contributed by atoms with van der Waals surface area (Å²) in [6.45, 7) is 6.05. The first kappa shape index (κ1) is 12.4. The standard InChI is InChI=1S/C14H17N3O/c1-9(2)14-16-10(3)8-13(17-14)18-12-6-4-11(15)5-7-12/h4-9H,15H2,1-3H3. The monoisotopic (exact) mass is 243 g/mol. The summed E-state index contributed by atoms with van der Waals surface area (Å²) in [5.74, 6) is 2.35. The molecule has 0 fully saturated rings. The summed E-state index contributed by atoms with van der Waals surface area (Å²) < 4.78 is 5.70. The predicted octanol–water partition coefficient (Wildman–Crippen LogP) is 3.28. The van der Waals surface area contributed by atoms with Gasteiger partial charge in [0.2, 0.25) is 5.88 Å². The van der Waals surface area contributed by atoms with Crippen molar-refractivity contribution < 1.29 is 4.74 Å². The van der Waals surface area contributed by atoms with E-state index in [1.165, 1.54) is 0 Å². The van der Waals surface area contributed by atoms with E-state index in [9.17, 15) is 0 Å². The van der Waals surface area contributed by atoms with E-state index >= 15 is 0 Å². The number of ether oxygens (including phenoxy) is 1. The smallest absolute Gasteiger partial charge is 0.222 e. The highest BCUT2D eigenvalue weighted by Crippen LogP contribution is 2.22. The van der Waals surface area contributed by atoms with Crippen LogP contribution in [0, 0.1) is 6.92 Å². The molecule has 4 nitrogen and oxygen atoms in total. The molecule has 2 aromatic rings. The molecule has 0 bridgehead atoms. The van der Waals surface area contributed by atoms with Gasteiger partial charge in [0.1, 0.15) is 11.6 Å². The van der Waals surface area contributed by atoms with Crippen LogP contribution in [0.3, 0.4) is 0 Å². The van der Waals surface area contributed by atoms with Crippen LogP contribution in [0.15, 0.2) is 30.3 Å². The number of benzene rings is 1. The molecule has 1 heterocycles. The number of anilines is 1. The number of rotatable bonds is 3. The normalized spacial score (nSPS) is 10.7. The number of hydrogen-bond acceptors (Lipinski definition) is 4. The van der Waals surface area contributed by atoms with Gasteiger partial charge in [-0.2, -0.15) is 4.98 Å². The van der Waals surface area contributed by atoms with Crippen LogP contribution in [-0.2, 0) is 0 Å². The molecule has 2 rings (SSSR count). The molecule has 0 atom stereocenters. The van der Waals surface area contributed by atoms with Gasteiger partial charge in [0.15, 0.2) is 0 Å². The lowest BCUT2D eigenvalue weighted by Crippen LogP contribution is -2.01. The van der Waals surface area contributed by atoms with Crippen LogP contribution < -0.4 is 10.5 Å². The summed E-state index contributed by atoms with van der Waals surface area (Å²) in [5.41, 5.74) is 7.24. The molecule has 2 N–H and O–H groups in total. The van der Waals surface area contributed by atoms with Crippen molar-refractivity contribution in [3.63, 3.8) is 0 Å². The van der Waals surface area contributed by atoms with Crippen molar-refractivity contribution in [3.05, 3.63) is 41.9 Å². The van der Waals surface area contributed by atoms with Crippen molar-refractivity contribution in [1.82, 2.24) is 9.97 Å². The summed E-state index contributed by atoms with van der Waals surface area (Å²) in [5, 5.41) is 0. The molecule has 0 amide bonds. The number of aryl methyl sites for hydroxylation is 1. The van der Waals surface area contributed by atoms with Gasteiger partial charge < -0.3 is 10.5 Å². The Morgan fingerprint density at radius 2 is 1.78 bits per heavy atom. The van der Waals surface area contributed by atoms with Gasteiger partial charge in [-0.05, 0) is 31.2 Å². The molecule has 0 spiro atoms. The molecule has 94 valence electrons. The van der Waals surface area contributed by atoms with Crippen LogP contribution >= 0.6 is 0 Å². The average molecular weight is 243 g/mol. The first-order valence-corrected chi connectivity index (χ1v) is 5.93. The summed E-state index contributed by atoms with van der Waals surface area (Å²) in [6.07, 6.45) is 0. The summed E-state index contributed by atoms with van der Waals surface area (Å²) in [6, 6.07) is 9.06. The Labute approximate surface area is 107 Å². The van der Waals surface area contributed by atoms with Crippen molar-refractivity contribution in [3.8, 4) is 11.6 Å². The fraction of sp³-hybridized carbons (Fsp3) is 0.286. The van der Waals surface area contributed by atoms with Crippen LogP contribution in [0.1, 0.15) is 31.3 Å². The molecule has 1 aromatic heterocycles.